The van der Waals surface area contributed by atoms with Crippen molar-refractivity contribution in [2.75, 3.05) is 0 Å². The largest absolute Gasteiger partial charge is 0.511 e. The molecule has 2 unspecified atom stereocenters. The summed E-state index contributed by atoms with van der Waals surface area (Å²) in [5.41, 5.74) is 4.39. The van der Waals surface area contributed by atoms with E-state index in [1.807, 2.05) is 78.9 Å². The number of aromatic amines is 1. The monoisotopic (exact) mass is 379 g/mol. The van der Waals surface area contributed by atoms with Gasteiger partial charge in [-0.05, 0) is 28.6 Å². The number of carbonyl (C=O) groups excluding carboxylic acids is 1. The number of para-hydroxylation sites is 1. The van der Waals surface area contributed by atoms with Crippen molar-refractivity contribution < 1.29 is 9.90 Å². The van der Waals surface area contributed by atoms with E-state index >= 15 is 0 Å². The lowest BCUT2D eigenvalue weighted by Crippen LogP contribution is -2.11. The number of allylic oxidation sites excluding steroid dienone is 2. The third kappa shape index (κ3) is 3.05. The highest BCUT2D eigenvalue weighted by Gasteiger charge is 2.39. The first kappa shape index (κ1) is 17.5. The third-order valence-corrected chi connectivity index (χ3v) is 5.78. The topological polar surface area (TPSA) is 53.1 Å². The molecule has 1 aliphatic rings. The number of fused-ring (bicyclic) bond motifs is 1. The number of aliphatic hydroxyl groups is 1. The second-order valence-corrected chi connectivity index (χ2v) is 7.55. The number of rotatable bonds is 4. The smallest absolute Gasteiger partial charge is 0.164 e. The van der Waals surface area contributed by atoms with Gasteiger partial charge in [0.25, 0.3) is 0 Å². The van der Waals surface area contributed by atoms with Crippen LogP contribution >= 0.6 is 0 Å². The number of hydrogen-bond donors (Lipinski definition) is 2. The normalized spacial score (nSPS) is 17.8. The zero-order valence-corrected chi connectivity index (χ0v) is 15.9. The fourth-order valence-electron chi connectivity index (χ4n) is 4.39. The Morgan fingerprint density at radius 3 is 2.24 bits per heavy atom. The maximum atomic E-state index is 13.1. The molecular formula is C26H21NO2. The van der Waals surface area contributed by atoms with Gasteiger partial charge in [0.1, 0.15) is 5.76 Å². The van der Waals surface area contributed by atoms with Gasteiger partial charge in [0.15, 0.2) is 5.78 Å². The molecule has 0 saturated carbocycles. The first-order chi connectivity index (χ1) is 14.2. The minimum atomic E-state index is -0.329. The Hall–Kier alpha value is -3.59. The summed E-state index contributed by atoms with van der Waals surface area (Å²) in [7, 11) is 0. The van der Waals surface area contributed by atoms with Gasteiger partial charge < -0.3 is 10.1 Å². The van der Waals surface area contributed by atoms with Crippen molar-refractivity contribution >= 4 is 16.7 Å². The first-order valence-corrected chi connectivity index (χ1v) is 9.86. The van der Waals surface area contributed by atoms with Crippen LogP contribution in [0, 0.1) is 0 Å². The average molecular weight is 379 g/mol. The molecule has 2 atom stereocenters. The van der Waals surface area contributed by atoms with Crippen molar-refractivity contribution in [1.29, 1.82) is 0 Å². The molecule has 29 heavy (non-hydrogen) atoms. The Morgan fingerprint density at radius 1 is 0.862 bits per heavy atom. The van der Waals surface area contributed by atoms with Gasteiger partial charge in [-0.1, -0.05) is 78.9 Å². The van der Waals surface area contributed by atoms with E-state index < -0.39 is 0 Å². The number of benzene rings is 3. The van der Waals surface area contributed by atoms with Crippen molar-refractivity contribution in [3.8, 4) is 0 Å². The number of H-pyrrole nitrogens is 1. The van der Waals surface area contributed by atoms with Crippen molar-refractivity contribution in [2.24, 2.45) is 0 Å². The predicted molar refractivity (Wildman–Crippen MR) is 115 cm³/mol. The number of nitrogens with one attached hydrogen (secondary N) is 1. The number of aliphatic hydroxyl groups excluding tert-OH is 1. The first-order valence-electron chi connectivity index (χ1n) is 9.86. The second-order valence-electron chi connectivity index (χ2n) is 7.55. The predicted octanol–water partition coefficient (Wildman–Crippen LogP) is 5.87. The van der Waals surface area contributed by atoms with Crippen LogP contribution in [0.3, 0.4) is 0 Å². The van der Waals surface area contributed by atoms with E-state index in [1.165, 1.54) is 0 Å². The molecule has 0 spiro atoms. The van der Waals surface area contributed by atoms with Crippen molar-refractivity contribution in [1.82, 2.24) is 4.98 Å². The summed E-state index contributed by atoms with van der Waals surface area (Å²) < 4.78 is 0. The van der Waals surface area contributed by atoms with E-state index in [4.69, 9.17) is 0 Å². The zero-order valence-electron chi connectivity index (χ0n) is 15.9. The number of Topliss-reactive ketones (excluding diaryl/α,β-unsaturated/α-hetero) is 1. The van der Waals surface area contributed by atoms with Crippen molar-refractivity contribution in [2.45, 2.75) is 18.3 Å². The summed E-state index contributed by atoms with van der Waals surface area (Å²) in [4.78, 5) is 16.6. The minimum absolute atomic E-state index is 0.00358. The summed E-state index contributed by atoms with van der Waals surface area (Å²) in [5, 5.41) is 12.3. The fourth-order valence-corrected chi connectivity index (χ4v) is 4.39. The molecule has 4 aromatic rings. The quantitative estimate of drug-likeness (QED) is 0.466. The van der Waals surface area contributed by atoms with E-state index in [-0.39, 0.29) is 23.4 Å². The maximum absolute atomic E-state index is 13.1. The second kappa shape index (κ2) is 7.10. The summed E-state index contributed by atoms with van der Waals surface area (Å²) in [5.74, 6) is -0.420. The molecule has 0 fully saturated rings. The van der Waals surface area contributed by atoms with Crippen LogP contribution in [0.1, 0.15) is 35.1 Å². The summed E-state index contributed by atoms with van der Waals surface area (Å²) in [6.45, 7) is 0. The molecule has 3 heteroatoms. The molecule has 3 aromatic carbocycles. The standard InChI is InChI=1S/C26H21NO2/c28-23-16-20(17-9-3-1-4-10-17)26(29)25(23)24(18-11-5-2-6-12-18)22-15-19-13-7-8-14-21(19)27-22/h1-15,20,24,27,29H,16H2. The Morgan fingerprint density at radius 2 is 1.52 bits per heavy atom. The van der Waals surface area contributed by atoms with E-state index in [9.17, 15) is 9.90 Å². The summed E-state index contributed by atoms with van der Waals surface area (Å²) in [6.07, 6.45) is 0.300. The average Bonchev–Trinajstić information content (AvgIpc) is 3.31. The Labute approximate surface area is 169 Å². The lowest BCUT2D eigenvalue weighted by molar-refractivity contribution is -0.115. The minimum Gasteiger partial charge on any atom is -0.511 e. The molecule has 1 heterocycles. The van der Waals surface area contributed by atoms with Gasteiger partial charge in [-0.15, -0.1) is 0 Å². The molecule has 3 nitrogen and oxygen atoms in total. The summed E-state index contributed by atoms with van der Waals surface area (Å²) >= 11 is 0. The van der Waals surface area contributed by atoms with Gasteiger partial charge in [0, 0.05) is 29.1 Å². The Bertz CT molecular complexity index is 1170. The van der Waals surface area contributed by atoms with E-state index in [2.05, 4.69) is 17.1 Å². The van der Waals surface area contributed by atoms with E-state index in [1.54, 1.807) is 0 Å². The van der Waals surface area contributed by atoms with Crippen LogP contribution in [0.4, 0.5) is 0 Å². The lowest BCUT2D eigenvalue weighted by atomic mass is 9.86. The third-order valence-electron chi connectivity index (χ3n) is 5.78. The fraction of sp³-hybridized carbons (Fsp3) is 0.115. The summed E-state index contributed by atoms with van der Waals surface area (Å²) in [6, 6.07) is 29.8. The van der Waals surface area contributed by atoms with Crippen LogP contribution in [0.5, 0.6) is 0 Å². The molecule has 0 amide bonds. The van der Waals surface area contributed by atoms with Gasteiger partial charge in [0.05, 0.1) is 5.92 Å². The SMILES string of the molecule is O=C1CC(c2ccccc2)C(O)=C1C(c1ccccc1)c1cc2ccccc2[nH]1. The van der Waals surface area contributed by atoms with Gasteiger partial charge >= 0.3 is 0 Å². The molecule has 2 N–H and O–H groups in total. The highest BCUT2D eigenvalue weighted by Crippen LogP contribution is 2.44. The molecule has 0 saturated heterocycles. The van der Waals surface area contributed by atoms with Crippen LogP contribution in [0.2, 0.25) is 0 Å². The number of ketones is 1. The molecule has 5 rings (SSSR count). The molecule has 1 aromatic heterocycles. The van der Waals surface area contributed by atoms with E-state index in [0.29, 0.717) is 12.0 Å². The number of carbonyl (C=O) groups is 1. The van der Waals surface area contributed by atoms with Crippen LogP contribution in [-0.4, -0.2) is 15.9 Å². The Balaban J connectivity index is 1.68. The van der Waals surface area contributed by atoms with Crippen molar-refractivity contribution in [3.63, 3.8) is 0 Å². The zero-order chi connectivity index (χ0) is 19.8. The molecule has 142 valence electrons. The number of aromatic nitrogens is 1. The van der Waals surface area contributed by atoms with Gasteiger partial charge in [-0.3, -0.25) is 4.79 Å². The highest BCUT2D eigenvalue weighted by atomic mass is 16.3. The maximum Gasteiger partial charge on any atom is 0.164 e. The molecular weight excluding hydrogens is 358 g/mol. The van der Waals surface area contributed by atoms with E-state index in [0.717, 1.165) is 27.7 Å². The van der Waals surface area contributed by atoms with Crippen LogP contribution in [-0.2, 0) is 4.79 Å². The van der Waals surface area contributed by atoms with Crippen molar-refractivity contribution in [3.05, 3.63) is 119 Å². The Kier molecular flexibility index (Phi) is 4.28. The van der Waals surface area contributed by atoms with Gasteiger partial charge in [-0.25, -0.2) is 0 Å². The molecule has 1 aliphatic carbocycles. The van der Waals surface area contributed by atoms with Crippen LogP contribution in [0.15, 0.2) is 102 Å². The lowest BCUT2D eigenvalue weighted by Gasteiger charge is -2.18. The molecule has 0 bridgehead atoms. The molecule has 0 radical (unpaired) electrons. The number of hydrogen-bond acceptors (Lipinski definition) is 2. The van der Waals surface area contributed by atoms with Crippen LogP contribution in [0.25, 0.3) is 10.9 Å². The highest BCUT2D eigenvalue weighted by molar-refractivity contribution is 6.02. The van der Waals surface area contributed by atoms with Gasteiger partial charge in [-0.2, -0.15) is 0 Å². The van der Waals surface area contributed by atoms with Gasteiger partial charge in [0.2, 0.25) is 0 Å². The van der Waals surface area contributed by atoms with Crippen LogP contribution < -0.4 is 0 Å². The molecule has 0 aliphatic heterocycles.